The molecule has 0 saturated carbocycles. The van der Waals surface area contributed by atoms with Gasteiger partial charge in [-0.1, -0.05) is 18.5 Å². The first kappa shape index (κ1) is 22.0. The van der Waals surface area contributed by atoms with Crippen molar-refractivity contribution in [1.29, 1.82) is 0 Å². The zero-order chi connectivity index (χ0) is 21.7. The Labute approximate surface area is 180 Å². The molecule has 2 atom stereocenters. The highest BCUT2D eigenvalue weighted by Crippen LogP contribution is 2.21. The molecule has 3 rings (SSSR count). The molecule has 0 spiro atoms. The minimum Gasteiger partial charge on any atom is -0.462 e. The third-order valence-electron chi connectivity index (χ3n) is 5.06. The average Bonchev–Trinajstić information content (AvgIpc) is 3.15. The smallest absolute Gasteiger partial charge is 0.338 e. The number of nitrogens with zero attached hydrogens (tertiary/aromatic N) is 3. The Bertz CT molecular complexity index is 903. The Kier molecular flexibility index (Phi) is 7.28. The number of piperidine rings is 1. The van der Waals surface area contributed by atoms with E-state index in [1.807, 2.05) is 11.8 Å². The summed E-state index contributed by atoms with van der Waals surface area (Å²) < 4.78 is 10.7. The second-order valence-electron chi connectivity index (χ2n) is 6.92. The van der Waals surface area contributed by atoms with Crippen LogP contribution in [0.25, 0.3) is 0 Å². The number of aromatic amines is 1. The van der Waals surface area contributed by atoms with E-state index in [0.717, 1.165) is 5.69 Å². The molecule has 3 heterocycles. The van der Waals surface area contributed by atoms with E-state index in [1.54, 1.807) is 32.4 Å². The van der Waals surface area contributed by atoms with Crippen LogP contribution in [0.3, 0.4) is 0 Å². The summed E-state index contributed by atoms with van der Waals surface area (Å²) in [7, 11) is 1.61. The van der Waals surface area contributed by atoms with Crippen molar-refractivity contribution in [3.63, 3.8) is 0 Å². The average molecular weight is 436 g/mol. The molecular weight excluding hydrogens is 410 g/mol. The van der Waals surface area contributed by atoms with E-state index < -0.39 is 0 Å². The molecule has 9 nitrogen and oxygen atoms in total. The minimum atomic E-state index is -0.379. The lowest BCUT2D eigenvalue weighted by Gasteiger charge is -2.38. The molecular formula is C20H26ClN5O4. The number of aromatic nitrogens is 3. The van der Waals surface area contributed by atoms with Gasteiger partial charge in [-0.15, -0.1) is 0 Å². The highest BCUT2D eigenvalue weighted by Gasteiger charge is 2.32. The fourth-order valence-corrected chi connectivity index (χ4v) is 3.69. The van der Waals surface area contributed by atoms with E-state index in [0.29, 0.717) is 49.1 Å². The number of carbonyl (C=O) groups is 2. The second-order valence-corrected chi connectivity index (χ2v) is 7.28. The van der Waals surface area contributed by atoms with Crippen molar-refractivity contribution in [3.05, 3.63) is 40.6 Å². The maximum atomic E-state index is 12.6. The molecule has 10 heteroatoms. The van der Waals surface area contributed by atoms with Gasteiger partial charge in [-0.05, 0) is 31.9 Å². The van der Waals surface area contributed by atoms with Crippen LogP contribution in [0, 0.1) is 0 Å². The van der Waals surface area contributed by atoms with Crippen LogP contribution >= 0.6 is 11.6 Å². The molecule has 1 amide bonds. The molecule has 0 aliphatic carbocycles. The van der Waals surface area contributed by atoms with Crippen LogP contribution in [0.2, 0.25) is 5.15 Å². The third kappa shape index (κ3) is 4.91. The maximum Gasteiger partial charge on any atom is 0.338 e. The van der Waals surface area contributed by atoms with E-state index in [9.17, 15) is 9.59 Å². The first-order valence-corrected chi connectivity index (χ1v) is 10.3. The van der Waals surface area contributed by atoms with E-state index in [1.165, 1.54) is 0 Å². The number of aryl methyl sites for hydroxylation is 1. The van der Waals surface area contributed by atoms with Gasteiger partial charge < -0.3 is 24.7 Å². The summed E-state index contributed by atoms with van der Waals surface area (Å²) in [5, 5.41) is 3.29. The summed E-state index contributed by atoms with van der Waals surface area (Å²) in [4.78, 5) is 38.0. The lowest BCUT2D eigenvalue weighted by Crippen LogP contribution is -2.55. The number of nitrogens with one attached hydrogen (secondary N) is 2. The van der Waals surface area contributed by atoms with Crippen LogP contribution in [-0.4, -0.2) is 65.8 Å². The highest BCUT2D eigenvalue weighted by atomic mass is 35.5. The van der Waals surface area contributed by atoms with Gasteiger partial charge in [0.15, 0.2) is 11.0 Å². The number of anilines is 1. The number of methoxy groups -OCH3 is 1. The molecule has 2 aromatic rings. The summed E-state index contributed by atoms with van der Waals surface area (Å²) in [6.45, 7) is 5.17. The van der Waals surface area contributed by atoms with Crippen LogP contribution in [0.5, 0.6) is 0 Å². The predicted molar refractivity (Wildman–Crippen MR) is 112 cm³/mol. The topological polar surface area (TPSA) is 109 Å². The molecule has 1 fully saturated rings. The molecule has 2 N–H and O–H groups in total. The zero-order valence-corrected chi connectivity index (χ0v) is 18.0. The predicted octanol–water partition coefficient (Wildman–Crippen LogP) is 2.22. The lowest BCUT2D eigenvalue weighted by molar-refractivity contribution is 0.0522. The molecule has 0 radical (unpaired) electrons. The summed E-state index contributed by atoms with van der Waals surface area (Å²) in [6.07, 6.45) is 2.64. The molecule has 162 valence electrons. The van der Waals surface area contributed by atoms with Crippen molar-refractivity contribution >= 4 is 29.3 Å². The van der Waals surface area contributed by atoms with Crippen LogP contribution in [0.1, 0.15) is 46.9 Å². The van der Waals surface area contributed by atoms with Crippen LogP contribution in [0.15, 0.2) is 18.3 Å². The summed E-state index contributed by atoms with van der Waals surface area (Å²) in [5.74, 6) is 0.158. The second kappa shape index (κ2) is 9.90. The van der Waals surface area contributed by atoms with Gasteiger partial charge in [0.1, 0.15) is 5.82 Å². The largest absolute Gasteiger partial charge is 0.462 e. The first-order valence-electron chi connectivity index (χ1n) is 9.92. The van der Waals surface area contributed by atoms with E-state index in [2.05, 4.69) is 20.3 Å². The molecule has 1 saturated heterocycles. The van der Waals surface area contributed by atoms with Crippen molar-refractivity contribution in [1.82, 2.24) is 20.3 Å². The number of rotatable bonds is 7. The summed E-state index contributed by atoms with van der Waals surface area (Å²) in [5.41, 5.74) is 1.18. The van der Waals surface area contributed by atoms with Crippen molar-refractivity contribution in [2.75, 3.05) is 31.7 Å². The zero-order valence-electron chi connectivity index (χ0n) is 17.3. The van der Waals surface area contributed by atoms with E-state index >= 15 is 0 Å². The van der Waals surface area contributed by atoms with Gasteiger partial charge in [-0.25, -0.2) is 14.8 Å². The fraction of sp³-hybridized carbons (Fsp3) is 0.500. The molecule has 30 heavy (non-hydrogen) atoms. The number of hydrogen-bond donors (Lipinski definition) is 2. The number of esters is 1. The number of pyridine rings is 1. The number of hydrogen-bond acceptors (Lipinski definition) is 7. The molecule has 1 aliphatic heterocycles. The van der Waals surface area contributed by atoms with E-state index in [-0.39, 0.29) is 29.8 Å². The number of carbonyl (C=O) groups excluding carboxylic acids is 2. The minimum absolute atomic E-state index is 0.193. The molecule has 0 bridgehead atoms. The van der Waals surface area contributed by atoms with Gasteiger partial charge in [0.05, 0.1) is 30.0 Å². The number of halogens is 1. The molecule has 0 aromatic carbocycles. The lowest BCUT2D eigenvalue weighted by atomic mass is 10.0. The Morgan fingerprint density at radius 3 is 2.87 bits per heavy atom. The van der Waals surface area contributed by atoms with Crippen molar-refractivity contribution in [2.24, 2.45) is 0 Å². The van der Waals surface area contributed by atoms with Crippen molar-refractivity contribution < 1.29 is 19.1 Å². The normalized spacial score (nSPS) is 18.9. The molecule has 2 aromatic heterocycles. The molecule has 0 unspecified atom stereocenters. The van der Waals surface area contributed by atoms with Crippen molar-refractivity contribution in [2.45, 2.75) is 38.8 Å². The van der Waals surface area contributed by atoms with Gasteiger partial charge in [-0.3, -0.25) is 4.79 Å². The van der Waals surface area contributed by atoms with Crippen molar-refractivity contribution in [3.8, 4) is 0 Å². The Balaban J connectivity index is 1.67. The Hall–Kier alpha value is -2.65. The fourth-order valence-electron chi connectivity index (χ4n) is 3.43. The number of ether oxygens (including phenoxy) is 2. The standard InChI is InChI=1S/C20H26ClN5O4/c1-4-13-17(21)25-18(23-13)19(27)24-14-7-9-26(11-15(14)29-3)16-10-12(6-8-22-16)20(28)30-5-2/h6,8,10,14-15H,4-5,7,9,11H2,1-3H3,(H,23,25)(H,24,27)/t14-,15+/m1/s1. The molecule has 1 aliphatic rings. The first-order chi connectivity index (χ1) is 14.5. The van der Waals surface area contributed by atoms with Crippen LogP contribution < -0.4 is 10.2 Å². The Morgan fingerprint density at radius 1 is 1.40 bits per heavy atom. The summed E-state index contributed by atoms with van der Waals surface area (Å²) in [6, 6.07) is 3.14. The van der Waals surface area contributed by atoms with Gasteiger partial charge >= 0.3 is 5.97 Å². The van der Waals surface area contributed by atoms with Crippen LogP contribution in [-0.2, 0) is 15.9 Å². The SMILES string of the molecule is CCOC(=O)c1ccnc(N2CC[C@@H](NC(=O)c3nc(Cl)c(CC)[nH]3)[C@@H](OC)C2)c1. The monoisotopic (exact) mass is 435 g/mol. The van der Waals surface area contributed by atoms with Crippen LogP contribution in [0.4, 0.5) is 5.82 Å². The quantitative estimate of drug-likeness (QED) is 0.641. The Morgan fingerprint density at radius 2 is 2.20 bits per heavy atom. The maximum absolute atomic E-state index is 12.6. The number of imidazole rings is 1. The third-order valence-corrected chi connectivity index (χ3v) is 5.37. The highest BCUT2D eigenvalue weighted by molar-refractivity contribution is 6.30. The number of H-pyrrole nitrogens is 1. The van der Waals surface area contributed by atoms with Gasteiger partial charge in [0, 0.05) is 26.4 Å². The number of amides is 1. The van der Waals surface area contributed by atoms with Gasteiger partial charge in [-0.2, -0.15) is 0 Å². The van der Waals surface area contributed by atoms with E-state index in [4.69, 9.17) is 21.1 Å². The van der Waals surface area contributed by atoms with Gasteiger partial charge in [0.2, 0.25) is 0 Å². The summed E-state index contributed by atoms with van der Waals surface area (Å²) >= 11 is 6.04. The van der Waals surface area contributed by atoms with Gasteiger partial charge in [0.25, 0.3) is 5.91 Å².